The highest BCUT2D eigenvalue weighted by Crippen LogP contribution is 2.39. The van der Waals surface area contributed by atoms with Crippen molar-refractivity contribution in [2.45, 2.75) is 57.4 Å². The molecule has 0 saturated carbocycles. The SMILES string of the molecule is CO[C@@H]1[C@H]2OC(=O)O[C@H]2[C@H](Oc2ccc3cc(CC(=O)c4ccccc4[N+](=O)[O-])c(=O)oc3c2C)OC1(C)C. The number of fused-ring (bicyclic) bond motifs is 2. The Balaban J connectivity index is 1.43. The number of rotatable bonds is 7. The molecule has 0 bridgehead atoms. The normalized spacial score (nSPS) is 23.5. The number of para-hydroxylation sites is 1. The first kappa shape index (κ1) is 26.3. The lowest BCUT2D eigenvalue weighted by Crippen LogP contribution is -2.62. The standard InChI is InChI=1S/C27H25NO11/c1-13-19(35-25-22-21(37-26(31)38-22)23(34-4)27(2,3)39-25)10-9-14-11-15(24(30)36-20(13)14)12-18(29)16-7-5-6-8-17(16)28(32)33/h5-11,21-23,25H,12H2,1-4H3/t21-,22+,23+,25+/m0/s1. The van der Waals surface area contributed by atoms with Crippen LogP contribution in [0.25, 0.3) is 11.0 Å². The van der Waals surface area contributed by atoms with E-state index in [0.717, 1.165) is 0 Å². The summed E-state index contributed by atoms with van der Waals surface area (Å²) in [5.74, 6) is -0.271. The number of nitrogens with zero attached hydrogens (tertiary/aromatic N) is 1. The Bertz CT molecular complexity index is 1540. The van der Waals surface area contributed by atoms with E-state index in [2.05, 4.69) is 0 Å². The van der Waals surface area contributed by atoms with E-state index in [1.165, 1.54) is 37.4 Å². The van der Waals surface area contributed by atoms with Gasteiger partial charge in [-0.05, 0) is 45.0 Å². The summed E-state index contributed by atoms with van der Waals surface area (Å²) in [6.07, 6.45) is -4.51. The molecule has 5 rings (SSSR count). The molecule has 2 aliphatic rings. The summed E-state index contributed by atoms with van der Waals surface area (Å²) in [6, 6.07) is 10.3. The number of benzene rings is 2. The minimum atomic E-state index is -1.04. The average molecular weight is 539 g/mol. The smallest absolute Gasteiger partial charge is 0.460 e. The average Bonchev–Trinajstić information content (AvgIpc) is 3.27. The molecule has 204 valence electrons. The van der Waals surface area contributed by atoms with E-state index < -0.39 is 52.7 Å². The second-order valence-corrected chi connectivity index (χ2v) is 9.82. The van der Waals surface area contributed by atoms with Crippen molar-refractivity contribution in [1.29, 1.82) is 0 Å². The van der Waals surface area contributed by atoms with Crippen LogP contribution in [0.1, 0.15) is 35.3 Å². The third-order valence-corrected chi connectivity index (χ3v) is 6.88. The molecule has 0 aliphatic carbocycles. The van der Waals surface area contributed by atoms with Crippen molar-refractivity contribution in [1.82, 2.24) is 0 Å². The molecular formula is C27H25NO11. The fourth-order valence-corrected chi connectivity index (χ4v) is 5.03. The third kappa shape index (κ3) is 4.72. The van der Waals surface area contributed by atoms with Gasteiger partial charge < -0.3 is 28.1 Å². The zero-order valence-corrected chi connectivity index (χ0v) is 21.5. The number of nitro groups is 1. The predicted molar refractivity (Wildman–Crippen MR) is 134 cm³/mol. The molecule has 12 heteroatoms. The minimum Gasteiger partial charge on any atom is -0.460 e. The number of carbonyl (C=O) groups is 2. The van der Waals surface area contributed by atoms with Gasteiger partial charge in [-0.3, -0.25) is 14.9 Å². The number of nitro benzene ring substituents is 1. The van der Waals surface area contributed by atoms with Crippen molar-refractivity contribution < 1.29 is 42.6 Å². The molecule has 0 spiro atoms. The second-order valence-electron chi connectivity index (χ2n) is 9.82. The number of methoxy groups -OCH3 is 1. The molecule has 12 nitrogen and oxygen atoms in total. The Morgan fingerprint density at radius 3 is 2.54 bits per heavy atom. The van der Waals surface area contributed by atoms with Crippen LogP contribution in [0.5, 0.6) is 5.75 Å². The van der Waals surface area contributed by atoms with Crippen LogP contribution in [0.3, 0.4) is 0 Å². The minimum absolute atomic E-state index is 0.0551. The zero-order chi connectivity index (χ0) is 28.1. The lowest BCUT2D eigenvalue weighted by atomic mass is 9.89. The quantitative estimate of drug-likeness (QED) is 0.141. The van der Waals surface area contributed by atoms with Gasteiger partial charge in [0.05, 0.1) is 16.1 Å². The summed E-state index contributed by atoms with van der Waals surface area (Å²) < 4.78 is 33.8. The van der Waals surface area contributed by atoms with Crippen LogP contribution in [0.4, 0.5) is 10.5 Å². The van der Waals surface area contributed by atoms with Crippen molar-refractivity contribution >= 4 is 28.6 Å². The van der Waals surface area contributed by atoms with Crippen LogP contribution in [0.2, 0.25) is 0 Å². The Hall–Kier alpha value is -4.29. The fraction of sp³-hybridized carbons (Fsp3) is 0.370. The summed E-state index contributed by atoms with van der Waals surface area (Å²) in [5, 5.41) is 11.8. The van der Waals surface area contributed by atoms with Gasteiger partial charge in [0.2, 0.25) is 12.4 Å². The van der Waals surface area contributed by atoms with E-state index in [0.29, 0.717) is 16.7 Å². The van der Waals surface area contributed by atoms with Gasteiger partial charge in [0.25, 0.3) is 5.69 Å². The van der Waals surface area contributed by atoms with Crippen molar-refractivity contribution in [3.05, 3.63) is 79.7 Å². The van der Waals surface area contributed by atoms with E-state index in [9.17, 15) is 24.5 Å². The molecule has 2 aromatic carbocycles. The Morgan fingerprint density at radius 2 is 1.82 bits per heavy atom. The van der Waals surface area contributed by atoms with Crippen LogP contribution >= 0.6 is 0 Å². The van der Waals surface area contributed by atoms with Crippen LogP contribution < -0.4 is 10.4 Å². The molecule has 2 fully saturated rings. The Morgan fingerprint density at radius 1 is 1.10 bits per heavy atom. The molecule has 0 amide bonds. The summed E-state index contributed by atoms with van der Waals surface area (Å²) in [4.78, 5) is 48.2. The van der Waals surface area contributed by atoms with E-state index in [1.54, 1.807) is 32.9 Å². The zero-order valence-electron chi connectivity index (χ0n) is 21.5. The molecule has 1 aromatic heterocycles. The first-order valence-electron chi connectivity index (χ1n) is 12.1. The van der Waals surface area contributed by atoms with Gasteiger partial charge in [0.1, 0.15) is 17.4 Å². The first-order chi connectivity index (χ1) is 18.5. The molecular weight excluding hydrogens is 514 g/mol. The Labute approximate surface area is 221 Å². The monoisotopic (exact) mass is 539 g/mol. The van der Waals surface area contributed by atoms with Gasteiger partial charge in [0.15, 0.2) is 11.9 Å². The molecule has 39 heavy (non-hydrogen) atoms. The van der Waals surface area contributed by atoms with Gasteiger partial charge in [0, 0.05) is 36.1 Å². The number of Topliss-reactive ketones (excluding diaryl/α,β-unsaturated/α-hetero) is 1. The highest BCUT2D eigenvalue weighted by atomic mass is 16.8. The van der Waals surface area contributed by atoms with Gasteiger partial charge in [-0.2, -0.15) is 0 Å². The van der Waals surface area contributed by atoms with Crippen molar-refractivity contribution in [2.24, 2.45) is 0 Å². The summed E-state index contributed by atoms with van der Waals surface area (Å²) >= 11 is 0. The highest BCUT2D eigenvalue weighted by Gasteiger charge is 2.59. The molecule has 3 heterocycles. The maximum Gasteiger partial charge on any atom is 0.509 e. The highest BCUT2D eigenvalue weighted by molar-refractivity contribution is 6.01. The topological polar surface area (TPSA) is 154 Å². The molecule has 0 N–H and O–H groups in total. The van der Waals surface area contributed by atoms with Gasteiger partial charge in [-0.15, -0.1) is 0 Å². The van der Waals surface area contributed by atoms with Crippen molar-refractivity contribution in [3.63, 3.8) is 0 Å². The van der Waals surface area contributed by atoms with Crippen LogP contribution in [0, 0.1) is 17.0 Å². The predicted octanol–water partition coefficient (Wildman–Crippen LogP) is 3.87. The summed E-state index contributed by atoms with van der Waals surface area (Å²) in [7, 11) is 1.48. The summed E-state index contributed by atoms with van der Waals surface area (Å²) in [5.41, 5.74) is -1.33. The van der Waals surface area contributed by atoms with Gasteiger partial charge in [-0.1, -0.05) is 12.1 Å². The number of aryl methyl sites for hydroxylation is 1. The maximum absolute atomic E-state index is 12.8. The number of ether oxygens (including phenoxy) is 5. The maximum atomic E-state index is 12.8. The molecule has 0 unspecified atom stereocenters. The van der Waals surface area contributed by atoms with E-state index in [1.807, 2.05) is 0 Å². The second kappa shape index (κ2) is 9.79. The van der Waals surface area contributed by atoms with E-state index in [4.69, 9.17) is 28.1 Å². The van der Waals surface area contributed by atoms with Crippen LogP contribution in [0.15, 0.2) is 51.7 Å². The van der Waals surface area contributed by atoms with Gasteiger partial charge in [-0.25, -0.2) is 9.59 Å². The number of carbonyl (C=O) groups excluding carboxylic acids is 2. The number of ketones is 1. The molecule has 4 atom stereocenters. The summed E-state index contributed by atoms with van der Waals surface area (Å²) in [6.45, 7) is 5.23. The molecule has 3 aromatic rings. The van der Waals surface area contributed by atoms with Crippen LogP contribution in [-0.2, 0) is 25.4 Å². The number of hydrogen-bond acceptors (Lipinski definition) is 11. The number of hydrogen-bond donors (Lipinski definition) is 0. The lowest BCUT2D eigenvalue weighted by molar-refractivity contribution is -0.385. The third-order valence-electron chi connectivity index (χ3n) is 6.88. The molecule has 2 aliphatic heterocycles. The van der Waals surface area contributed by atoms with E-state index >= 15 is 0 Å². The molecule has 0 radical (unpaired) electrons. The first-order valence-corrected chi connectivity index (χ1v) is 12.1. The van der Waals surface area contributed by atoms with Gasteiger partial charge >= 0.3 is 11.8 Å². The molecule has 2 saturated heterocycles. The lowest BCUT2D eigenvalue weighted by Gasteiger charge is -2.45. The van der Waals surface area contributed by atoms with Crippen LogP contribution in [-0.4, -0.2) is 54.2 Å². The Kier molecular flexibility index (Phi) is 6.60. The van der Waals surface area contributed by atoms with E-state index in [-0.39, 0.29) is 28.8 Å². The van der Waals surface area contributed by atoms with Crippen molar-refractivity contribution in [3.8, 4) is 5.75 Å². The van der Waals surface area contributed by atoms with Crippen molar-refractivity contribution in [2.75, 3.05) is 7.11 Å². The largest absolute Gasteiger partial charge is 0.509 e. The fourth-order valence-electron chi connectivity index (χ4n) is 5.03.